The zero-order chi connectivity index (χ0) is 14.3. The van der Waals surface area contributed by atoms with Crippen LogP contribution in [0.15, 0.2) is 0 Å². The van der Waals surface area contributed by atoms with Gasteiger partial charge in [0.05, 0.1) is 18.2 Å². The Labute approximate surface area is 116 Å². The monoisotopic (exact) mass is 272 g/mol. The molecule has 1 saturated carbocycles. The van der Waals surface area contributed by atoms with E-state index < -0.39 is 6.10 Å². The number of ether oxygens (including phenoxy) is 1. The molecule has 0 aromatic rings. The summed E-state index contributed by atoms with van der Waals surface area (Å²) in [6, 6.07) is -0.127. The van der Waals surface area contributed by atoms with Crippen molar-refractivity contribution in [2.75, 3.05) is 13.7 Å². The standard InChI is InChI=1S/C14H28N2O3/c1-10(2)8-11(17)9-15-14(18)16-12-6-4-5-7-13(12)19-3/h10-13,17H,4-9H2,1-3H3,(H2,15,16,18). The van der Waals surface area contributed by atoms with E-state index in [1.54, 1.807) is 7.11 Å². The minimum absolute atomic E-state index is 0.0843. The molecule has 0 spiro atoms. The van der Waals surface area contributed by atoms with Gasteiger partial charge in [-0.15, -0.1) is 0 Å². The van der Waals surface area contributed by atoms with Crippen molar-refractivity contribution in [1.82, 2.24) is 10.6 Å². The first kappa shape index (κ1) is 16.2. The van der Waals surface area contributed by atoms with Gasteiger partial charge in [-0.3, -0.25) is 0 Å². The first-order valence-corrected chi connectivity index (χ1v) is 7.28. The number of amides is 2. The second-order valence-corrected chi connectivity index (χ2v) is 5.80. The molecule has 1 aliphatic carbocycles. The molecule has 1 fully saturated rings. The van der Waals surface area contributed by atoms with E-state index in [1.807, 2.05) is 0 Å². The van der Waals surface area contributed by atoms with Crippen molar-refractivity contribution in [1.29, 1.82) is 0 Å². The number of aliphatic hydroxyl groups is 1. The zero-order valence-electron chi connectivity index (χ0n) is 12.3. The van der Waals surface area contributed by atoms with Gasteiger partial charge in [-0.05, 0) is 25.2 Å². The maximum Gasteiger partial charge on any atom is 0.315 e. The van der Waals surface area contributed by atoms with Crippen LogP contribution in [-0.4, -0.2) is 43.0 Å². The van der Waals surface area contributed by atoms with Crippen molar-refractivity contribution >= 4 is 6.03 Å². The highest BCUT2D eigenvalue weighted by Crippen LogP contribution is 2.20. The first-order chi connectivity index (χ1) is 9.02. The molecule has 0 radical (unpaired) electrons. The predicted octanol–water partition coefficient (Wildman–Crippen LogP) is 1.65. The molecule has 0 aromatic carbocycles. The fourth-order valence-electron chi connectivity index (χ4n) is 2.60. The van der Waals surface area contributed by atoms with Crippen molar-refractivity contribution in [3.8, 4) is 0 Å². The Balaban J connectivity index is 2.26. The number of rotatable bonds is 6. The average molecular weight is 272 g/mol. The maximum atomic E-state index is 11.8. The second kappa shape index (κ2) is 8.38. The van der Waals surface area contributed by atoms with Crippen LogP contribution in [0, 0.1) is 5.92 Å². The number of carbonyl (C=O) groups excluding carboxylic acids is 1. The Hall–Kier alpha value is -0.810. The van der Waals surface area contributed by atoms with Crippen LogP contribution in [0.3, 0.4) is 0 Å². The number of nitrogens with one attached hydrogen (secondary N) is 2. The van der Waals surface area contributed by atoms with Gasteiger partial charge in [0, 0.05) is 13.7 Å². The lowest BCUT2D eigenvalue weighted by Gasteiger charge is -2.31. The smallest absolute Gasteiger partial charge is 0.315 e. The van der Waals surface area contributed by atoms with Crippen LogP contribution in [-0.2, 0) is 4.74 Å². The predicted molar refractivity (Wildman–Crippen MR) is 75.0 cm³/mol. The maximum absolute atomic E-state index is 11.8. The lowest BCUT2D eigenvalue weighted by atomic mass is 9.92. The van der Waals surface area contributed by atoms with Crippen LogP contribution in [0.5, 0.6) is 0 Å². The Morgan fingerprint density at radius 2 is 2.05 bits per heavy atom. The molecule has 0 aromatic heterocycles. The van der Waals surface area contributed by atoms with E-state index in [4.69, 9.17) is 4.74 Å². The summed E-state index contributed by atoms with van der Waals surface area (Å²) in [5.41, 5.74) is 0. The van der Waals surface area contributed by atoms with E-state index in [-0.39, 0.29) is 18.2 Å². The minimum atomic E-state index is -0.477. The number of urea groups is 1. The molecule has 1 rings (SSSR count). The highest BCUT2D eigenvalue weighted by Gasteiger charge is 2.26. The van der Waals surface area contributed by atoms with Crippen LogP contribution in [0.2, 0.25) is 0 Å². The van der Waals surface area contributed by atoms with Crippen molar-refractivity contribution in [3.05, 3.63) is 0 Å². The summed E-state index contributed by atoms with van der Waals surface area (Å²) in [4.78, 5) is 11.8. The minimum Gasteiger partial charge on any atom is -0.391 e. The molecular formula is C14H28N2O3. The van der Waals surface area contributed by atoms with Gasteiger partial charge in [0.2, 0.25) is 0 Å². The highest BCUT2D eigenvalue weighted by molar-refractivity contribution is 5.74. The molecule has 2 amide bonds. The Bertz CT molecular complexity index is 271. The quantitative estimate of drug-likeness (QED) is 0.688. The van der Waals surface area contributed by atoms with Gasteiger partial charge in [-0.25, -0.2) is 4.79 Å². The number of methoxy groups -OCH3 is 1. The van der Waals surface area contributed by atoms with Gasteiger partial charge >= 0.3 is 6.03 Å². The summed E-state index contributed by atoms with van der Waals surface area (Å²) < 4.78 is 5.39. The summed E-state index contributed by atoms with van der Waals surface area (Å²) in [7, 11) is 1.69. The Morgan fingerprint density at radius 3 is 2.68 bits per heavy atom. The normalized spacial score (nSPS) is 25.1. The second-order valence-electron chi connectivity index (χ2n) is 5.80. The van der Waals surface area contributed by atoms with Gasteiger partial charge in [-0.1, -0.05) is 26.7 Å². The van der Waals surface area contributed by atoms with Crippen LogP contribution < -0.4 is 10.6 Å². The van der Waals surface area contributed by atoms with Crippen LogP contribution >= 0.6 is 0 Å². The fraction of sp³-hybridized carbons (Fsp3) is 0.929. The Morgan fingerprint density at radius 1 is 1.37 bits per heavy atom. The van der Waals surface area contributed by atoms with Gasteiger partial charge in [0.15, 0.2) is 0 Å². The van der Waals surface area contributed by atoms with E-state index in [0.29, 0.717) is 18.9 Å². The summed E-state index contributed by atoms with van der Waals surface area (Å²) in [5.74, 6) is 0.427. The lowest BCUT2D eigenvalue weighted by Crippen LogP contribution is -2.50. The van der Waals surface area contributed by atoms with E-state index in [9.17, 15) is 9.90 Å². The lowest BCUT2D eigenvalue weighted by molar-refractivity contribution is 0.0449. The third-order valence-electron chi connectivity index (χ3n) is 3.56. The number of aliphatic hydroxyl groups excluding tert-OH is 1. The van der Waals surface area contributed by atoms with E-state index in [2.05, 4.69) is 24.5 Å². The summed E-state index contributed by atoms with van der Waals surface area (Å²) in [6.07, 6.45) is 4.57. The molecule has 1 aliphatic rings. The molecule has 19 heavy (non-hydrogen) atoms. The van der Waals surface area contributed by atoms with Crippen molar-refractivity contribution in [3.63, 3.8) is 0 Å². The molecule has 112 valence electrons. The fourth-order valence-corrected chi connectivity index (χ4v) is 2.60. The van der Waals surface area contributed by atoms with E-state index in [0.717, 1.165) is 25.7 Å². The highest BCUT2D eigenvalue weighted by atomic mass is 16.5. The van der Waals surface area contributed by atoms with Crippen molar-refractivity contribution < 1.29 is 14.6 Å². The summed E-state index contributed by atoms with van der Waals surface area (Å²) >= 11 is 0. The zero-order valence-corrected chi connectivity index (χ0v) is 12.3. The van der Waals surface area contributed by atoms with Crippen LogP contribution in [0.1, 0.15) is 46.0 Å². The molecular weight excluding hydrogens is 244 g/mol. The summed E-state index contributed by atoms with van der Waals surface area (Å²) in [5, 5.41) is 15.4. The van der Waals surface area contributed by atoms with Crippen LogP contribution in [0.25, 0.3) is 0 Å². The van der Waals surface area contributed by atoms with E-state index >= 15 is 0 Å². The molecule has 0 aliphatic heterocycles. The molecule has 0 heterocycles. The summed E-state index contributed by atoms with van der Waals surface area (Å²) in [6.45, 7) is 4.40. The third kappa shape index (κ3) is 6.25. The Kier molecular flexibility index (Phi) is 7.16. The molecule has 3 unspecified atom stereocenters. The van der Waals surface area contributed by atoms with Crippen LogP contribution in [0.4, 0.5) is 4.79 Å². The van der Waals surface area contributed by atoms with Gasteiger partial charge < -0.3 is 20.5 Å². The number of hydrogen-bond donors (Lipinski definition) is 3. The molecule has 5 heteroatoms. The number of carbonyl (C=O) groups is 1. The molecule has 0 bridgehead atoms. The number of hydrogen-bond acceptors (Lipinski definition) is 3. The van der Waals surface area contributed by atoms with E-state index in [1.165, 1.54) is 0 Å². The molecule has 5 nitrogen and oxygen atoms in total. The molecule has 0 saturated heterocycles. The SMILES string of the molecule is COC1CCCCC1NC(=O)NCC(O)CC(C)C. The third-order valence-corrected chi connectivity index (χ3v) is 3.56. The molecule has 3 atom stereocenters. The molecule has 3 N–H and O–H groups in total. The average Bonchev–Trinajstić information content (AvgIpc) is 2.36. The van der Waals surface area contributed by atoms with Crippen molar-refractivity contribution in [2.24, 2.45) is 5.92 Å². The first-order valence-electron chi connectivity index (χ1n) is 7.28. The van der Waals surface area contributed by atoms with Gasteiger partial charge in [-0.2, -0.15) is 0 Å². The van der Waals surface area contributed by atoms with Gasteiger partial charge in [0.1, 0.15) is 0 Å². The van der Waals surface area contributed by atoms with Gasteiger partial charge in [0.25, 0.3) is 0 Å². The topological polar surface area (TPSA) is 70.6 Å². The van der Waals surface area contributed by atoms with Crippen molar-refractivity contribution in [2.45, 2.75) is 64.2 Å². The largest absolute Gasteiger partial charge is 0.391 e.